The topological polar surface area (TPSA) is 72.5 Å². The quantitative estimate of drug-likeness (QED) is 0.560. The number of nitrogens with one attached hydrogen (secondary N) is 1. The summed E-state index contributed by atoms with van der Waals surface area (Å²) in [6, 6.07) is 6.88. The third-order valence-electron chi connectivity index (χ3n) is 2.93. The summed E-state index contributed by atoms with van der Waals surface area (Å²) in [5, 5.41) is 0. The molecule has 0 bridgehead atoms. The molecule has 0 aliphatic carbocycles. The highest BCUT2D eigenvalue weighted by Gasteiger charge is 2.13. The lowest BCUT2D eigenvalue weighted by Crippen LogP contribution is -2.25. The molecule has 1 N–H and O–H groups in total. The highest BCUT2D eigenvalue weighted by atomic mass is 32.2. The molecule has 0 unspecified atom stereocenters. The van der Waals surface area contributed by atoms with Crippen LogP contribution in [0.5, 0.6) is 0 Å². The van der Waals surface area contributed by atoms with E-state index in [4.69, 9.17) is 4.74 Å². The summed E-state index contributed by atoms with van der Waals surface area (Å²) in [5.41, 5.74) is 1.12. The summed E-state index contributed by atoms with van der Waals surface area (Å²) in [6.45, 7) is 4.38. The number of carbonyl (C=O) groups is 1. The molecule has 0 aliphatic rings. The molecule has 1 aromatic rings. The molecule has 0 aromatic heterocycles. The van der Waals surface area contributed by atoms with Gasteiger partial charge in [0, 0.05) is 13.0 Å². The van der Waals surface area contributed by atoms with E-state index in [1.54, 1.807) is 19.1 Å². The molecule has 0 spiro atoms. The van der Waals surface area contributed by atoms with Crippen molar-refractivity contribution in [3.05, 3.63) is 29.8 Å². The van der Waals surface area contributed by atoms with E-state index in [1.165, 1.54) is 0 Å². The summed E-state index contributed by atoms with van der Waals surface area (Å²) < 4.78 is 31.4. The van der Waals surface area contributed by atoms with Gasteiger partial charge in [0.25, 0.3) is 0 Å². The van der Waals surface area contributed by atoms with Crippen LogP contribution in [0.1, 0.15) is 38.7 Å². The lowest BCUT2D eigenvalue weighted by molar-refractivity contribution is -0.143. The van der Waals surface area contributed by atoms with Crippen molar-refractivity contribution in [1.29, 1.82) is 0 Å². The Hall–Kier alpha value is -1.40. The van der Waals surface area contributed by atoms with Gasteiger partial charge in [-0.3, -0.25) is 4.79 Å². The van der Waals surface area contributed by atoms with Crippen molar-refractivity contribution in [3.63, 3.8) is 0 Å². The lowest BCUT2D eigenvalue weighted by Gasteiger charge is -2.07. The summed E-state index contributed by atoms with van der Waals surface area (Å²) in [7, 11) is -3.50. The van der Waals surface area contributed by atoms with Crippen LogP contribution in [-0.2, 0) is 26.0 Å². The number of rotatable bonds is 9. The van der Waals surface area contributed by atoms with E-state index in [1.807, 2.05) is 12.1 Å². The molecule has 1 rings (SSSR count). The van der Waals surface area contributed by atoms with Crippen LogP contribution >= 0.6 is 0 Å². The highest BCUT2D eigenvalue weighted by Crippen LogP contribution is 2.11. The molecule has 6 heteroatoms. The lowest BCUT2D eigenvalue weighted by atomic mass is 10.1. The van der Waals surface area contributed by atoms with Gasteiger partial charge in [0.2, 0.25) is 10.0 Å². The maximum Gasteiger partial charge on any atom is 0.305 e. The molecule has 0 amide bonds. The minimum atomic E-state index is -3.50. The zero-order valence-corrected chi connectivity index (χ0v) is 13.4. The van der Waals surface area contributed by atoms with Gasteiger partial charge >= 0.3 is 5.97 Å². The first-order valence-corrected chi connectivity index (χ1v) is 8.72. The van der Waals surface area contributed by atoms with Gasteiger partial charge in [0.1, 0.15) is 0 Å². The van der Waals surface area contributed by atoms with E-state index in [2.05, 4.69) is 11.6 Å². The predicted octanol–water partition coefficient (Wildman–Crippen LogP) is 2.26. The zero-order chi connectivity index (χ0) is 15.7. The Labute approximate surface area is 126 Å². The third-order valence-corrected chi connectivity index (χ3v) is 4.40. The highest BCUT2D eigenvalue weighted by molar-refractivity contribution is 7.89. The molecule has 0 saturated carbocycles. The zero-order valence-electron chi connectivity index (χ0n) is 12.6. The second-order valence-corrected chi connectivity index (χ2v) is 6.47. The van der Waals surface area contributed by atoms with Gasteiger partial charge in [-0.1, -0.05) is 25.5 Å². The summed E-state index contributed by atoms with van der Waals surface area (Å²) in [4.78, 5) is 11.4. The van der Waals surface area contributed by atoms with Crippen molar-refractivity contribution in [2.24, 2.45) is 0 Å². The van der Waals surface area contributed by atoms with E-state index in [0.29, 0.717) is 13.0 Å². The number of hydrogen-bond acceptors (Lipinski definition) is 4. The average molecular weight is 313 g/mol. The molecule has 21 heavy (non-hydrogen) atoms. The molecule has 0 saturated heterocycles. The molecule has 0 heterocycles. The summed E-state index contributed by atoms with van der Waals surface area (Å²) in [6.07, 6.45) is 2.60. The summed E-state index contributed by atoms with van der Waals surface area (Å²) in [5.74, 6) is -0.305. The Kier molecular flexibility index (Phi) is 7.39. The van der Waals surface area contributed by atoms with E-state index in [9.17, 15) is 13.2 Å². The first-order chi connectivity index (χ1) is 9.99. The van der Waals surface area contributed by atoms with E-state index in [-0.39, 0.29) is 23.8 Å². The van der Waals surface area contributed by atoms with E-state index < -0.39 is 10.0 Å². The van der Waals surface area contributed by atoms with Crippen molar-refractivity contribution >= 4 is 16.0 Å². The molecule has 0 fully saturated rings. The van der Waals surface area contributed by atoms with Crippen molar-refractivity contribution in [2.75, 3.05) is 13.2 Å². The largest absolute Gasteiger partial charge is 0.466 e. The molecule has 118 valence electrons. The van der Waals surface area contributed by atoms with Gasteiger partial charge in [0.15, 0.2) is 0 Å². The fraction of sp³-hybridized carbons (Fsp3) is 0.533. The van der Waals surface area contributed by atoms with Gasteiger partial charge in [-0.05, 0) is 37.5 Å². The summed E-state index contributed by atoms with van der Waals surface area (Å²) >= 11 is 0. The van der Waals surface area contributed by atoms with Crippen molar-refractivity contribution in [2.45, 2.75) is 44.4 Å². The smallest absolute Gasteiger partial charge is 0.305 e. The number of hydrogen-bond donors (Lipinski definition) is 1. The molecular formula is C15H23NO4S. The monoisotopic (exact) mass is 313 g/mol. The van der Waals surface area contributed by atoms with Gasteiger partial charge < -0.3 is 4.74 Å². The molecule has 1 aromatic carbocycles. The van der Waals surface area contributed by atoms with Crippen molar-refractivity contribution in [1.82, 2.24) is 4.72 Å². The van der Waals surface area contributed by atoms with Crippen LogP contribution < -0.4 is 4.72 Å². The Morgan fingerprint density at radius 3 is 2.43 bits per heavy atom. The predicted molar refractivity (Wildman–Crippen MR) is 81.5 cm³/mol. The third kappa shape index (κ3) is 6.27. The van der Waals surface area contributed by atoms with Gasteiger partial charge in [0.05, 0.1) is 11.5 Å². The number of benzene rings is 1. The fourth-order valence-corrected chi connectivity index (χ4v) is 2.95. The molecular weight excluding hydrogens is 290 g/mol. The van der Waals surface area contributed by atoms with Crippen LogP contribution in [0.3, 0.4) is 0 Å². The van der Waals surface area contributed by atoms with Gasteiger partial charge in [-0.25, -0.2) is 13.1 Å². The van der Waals surface area contributed by atoms with Crippen LogP contribution in [0, 0.1) is 0 Å². The van der Waals surface area contributed by atoms with E-state index >= 15 is 0 Å². The molecule has 0 atom stereocenters. The maximum absolute atomic E-state index is 12.0. The second-order valence-electron chi connectivity index (χ2n) is 4.70. The number of esters is 1. The average Bonchev–Trinajstić information content (AvgIpc) is 2.45. The van der Waals surface area contributed by atoms with Crippen LogP contribution in [-0.4, -0.2) is 27.5 Å². The Balaban J connectivity index is 2.47. The Bertz CT molecular complexity index is 537. The van der Waals surface area contributed by atoms with Crippen molar-refractivity contribution < 1.29 is 17.9 Å². The standard InChI is InChI=1S/C15H23NO4S/c1-3-6-13-8-10-14(11-9-13)21(18,19)16-12-5-7-15(17)20-4-2/h8-11,16H,3-7,12H2,1-2H3. The van der Waals surface area contributed by atoms with Crippen LogP contribution in [0.15, 0.2) is 29.2 Å². The number of aryl methyl sites for hydroxylation is 1. The normalized spacial score (nSPS) is 11.3. The fourth-order valence-electron chi connectivity index (χ4n) is 1.88. The molecule has 0 aliphatic heterocycles. The minimum Gasteiger partial charge on any atom is -0.466 e. The number of ether oxygens (including phenoxy) is 1. The maximum atomic E-state index is 12.0. The first-order valence-electron chi connectivity index (χ1n) is 7.23. The van der Waals surface area contributed by atoms with Crippen LogP contribution in [0.2, 0.25) is 0 Å². The second kappa shape index (κ2) is 8.79. The Morgan fingerprint density at radius 1 is 1.19 bits per heavy atom. The van der Waals surface area contributed by atoms with Crippen molar-refractivity contribution in [3.8, 4) is 0 Å². The van der Waals surface area contributed by atoms with Gasteiger partial charge in [-0.15, -0.1) is 0 Å². The molecule has 0 radical (unpaired) electrons. The van der Waals surface area contributed by atoms with Crippen LogP contribution in [0.4, 0.5) is 0 Å². The van der Waals surface area contributed by atoms with Gasteiger partial charge in [-0.2, -0.15) is 0 Å². The van der Waals surface area contributed by atoms with E-state index in [0.717, 1.165) is 18.4 Å². The molecule has 5 nitrogen and oxygen atoms in total. The van der Waals surface area contributed by atoms with Crippen LogP contribution in [0.25, 0.3) is 0 Å². The SMILES string of the molecule is CCCc1ccc(S(=O)(=O)NCCCC(=O)OCC)cc1. The first kappa shape index (κ1) is 17.7. The number of carbonyl (C=O) groups excluding carboxylic acids is 1. The Morgan fingerprint density at radius 2 is 1.86 bits per heavy atom. The minimum absolute atomic E-state index is 0.214. The number of sulfonamides is 1.